The summed E-state index contributed by atoms with van der Waals surface area (Å²) in [6.45, 7) is 5.52. The van der Waals surface area contributed by atoms with Gasteiger partial charge in [-0.2, -0.15) is 0 Å². The highest BCUT2D eigenvalue weighted by Gasteiger charge is 2.29. The van der Waals surface area contributed by atoms with E-state index in [1.165, 1.54) is 6.92 Å². The number of hydrogen-bond acceptors (Lipinski definition) is 3. The number of ketones is 1. The molecule has 17 heavy (non-hydrogen) atoms. The summed E-state index contributed by atoms with van der Waals surface area (Å²) in [4.78, 5) is 23.1. The summed E-state index contributed by atoms with van der Waals surface area (Å²) in [5.41, 5.74) is 2.69. The van der Waals surface area contributed by atoms with Gasteiger partial charge in [0.1, 0.15) is 18.4 Å². The second-order valence-corrected chi connectivity index (χ2v) is 4.36. The molecule has 4 nitrogen and oxygen atoms in total. The molecule has 1 aromatic rings. The first-order valence-electron chi connectivity index (χ1n) is 5.54. The van der Waals surface area contributed by atoms with Crippen molar-refractivity contribution in [1.82, 2.24) is 5.32 Å². The van der Waals surface area contributed by atoms with Crippen LogP contribution in [0.5, 0.6) is 5.75 Å². The third-order valence-corrected chi connectivity index (χ3v) is 2.96. The second-order valence-electron chi connectivity index (χ2n) is 4.36. The SMILES string of the molecule is CC(=O)NC1COc2cc(C)c(C)cc2C1=O. The number of aryl methyl sites for hydroxylation is 2. The molecule has 0 fully saturated rings. The van der Waals surface area contributed by atoms with Crippen LogP contribution in [0.4, 0.5) is 0 Å². The molecule has 0 aliphatic carbocycles. The van der Waals surface area contributed by atoms with Gasteiger partial charge in [-0.3, -0.25) is 9.59 Å². The Morgan fingerprint density at radius 2 is 2.00 bits per heavy atom. The Labute approximate surface area is 100.0 Å². The zero-order valence-corrected chi connectivity index (χ0v) is 10.2. The average molecular weight is 233 g/mol. The Bertz CT molecular complexity index is 494. The van der Waals surface area contributed by atoms with Crippen molar-refractivity contribution in [2.75, 3.05) is 6.61 Å². The number of rotatable bonds is 1. The van der Waals surface area contributed by atoms with Crippen LogP contribution in [0.15, 0.2) is 12.1 Å². The summed E-state index contributed by atoms with van der Waals surface area (Å²) in [5, 5.41) is 2.59. The largest absolute Gasteiger partial charge is 0.490 e. The van der Waals surface area contributed by atoms with Crippen LogP contribution < -0.4 is 10.1 Å². The van der Waals surface area contributed by atoms with E-state index in [0.717, 1.165) is 11.1 Å². The molecule has 4 heteroatoms. The van der Waals surface area contributed by atoms with E-state index >= 15 is 0 Å². The van der Waals surface area contributed by atoms with Gasteiger partial charge in [0.2, 0.25) is 5.91 Å². The van der Waals surface area contributed by atoms with Gasteiger partial charge in [0.05, 0.1) is 5.56 Å². The minimum Gasteiger partial charge on any atom is -0.490 e. The van der Waals surface area contributed by atoms with Crippen LogP contribution in [0.3, 0.4) is 0 Å². The van der Waals surface area contributed by atoms with Gasteiger partial charge in [0.25, 0.3) is 0 Å². The number of carbonyl (C=O) groups is 2. The van der Waals surface area contributed by atoms with Crippen molar-refractivity contribution < 1.29 is 14.3 Å². The van der Waals surface area contributed by atoms with Crippen LogP contribution in [0.25, 0.3) is 0 Å². The maximum Gasteiger partial charge on any atom is 0.217 e. The smallest absolute Gasteiger partial charge is 0.217 e. The van der Waals surface area contributed by atoms with Gasteiger partial charge in [0.15, 0.2) is 5.78 Å². The van der Waals surface area contributed by atoms with Gasteiger partial charge < -0.3 is 10.1 Å². The van der Waals surface area contributed by atoms with Crippen LogP contribution in [0.2, 0.25) is 0 Å². The average Bonchev–Trinajstić information content (AvgIpc) is 2.25. The molecule has 1 unspecified atom stereocenters. The number of nitrogens with one attached hydrogen (secondary N) is 1. The minimum absolute atomic E-state index is 0.0791. The van der Waals surface area contributed by atoms with Crippen molar-refractivity contribution in [3.05, 3.63) is 28.8 Å². The van der Waals surface area contributed by atoms with Crippen LogP contribution in [-0.4, -0.2) is 24.3 Å². The zero-order valence-electron chi connectivity index (χ0n) is 10.2. The lowest BCUT2D eigenvalue weighted by Gasteiger charge is -2.25. The first-order valence-corrected chi connectivity index (χ1v) is 5.54. The normalized spacial score (nSPS) is 18.3. The fourth-order valence-corrected chi connectivity index (χ4v) is 1.89. The highest BCUT2D eigenvalue weighted by Crippen LogP contribution is 2.27. The molecule has 1 aliphatic rings. The molecule has 90 valence electrons. The van der Waals surface area contributed by atoms with E-state index in [0.29, 0.717) is 11.3 Å². The molecule has 1 atom stereocenters. The predicted octanol–water partition coefficient (Wildman–Crippen LogP) is 1.38. The molecule has 0 radical (unpaired) electrons. The molecule has 2 rings (SSSR count). The maximum atomic E-state index is 12.1. The molecule has 1 N–H and O–H groups in total. The van der Waals surface area contributed by atoms with E-state index in [1.807, 2.05) is 26.0 Å². The number of ether oxygens (including phenoxy) is 1. The lowest BCUT2D eigenvalue weighted by molar-refractivity contribution is -0.119. The standard InChI is InChI=1S/C13H15NO3/c1-7-4-10-12(5-8(7)2)17-6-11(13(10)16)14-9(3)15/h4-5,11H,6H2,1-3H3,(H,14,15). The first kappa shape index (κ1) is 11.6. The highest BCUT2D eigenvalue weighted by molar-refractivity contribution is 6.05. The van der Waals surface area contributed by atoms with Crippen molar-refractivity contribution in [1.29, 1.82) is 0 Å². The molecular formula is C13H15NO3. The van der Waals surface area contributed by atoms with E-state index in [9.17, 15) is 9.59 Å². The van der Waals surface area contributed by atoms with E-state index in [1.54, 1.807) is 0 Å². The fourth-order valence-electron chi connectivity index (χ4n) is 1.89. The summed E-state index contributed by atoms with van der Waals surface area (Å²) in [5.74, 6) is 0.309. The maximum absolute atomic E-state index is 12.1. The Kier molecular flexibility index (Phi) is 2.88. The van der Waals surface area contributed by atoms with Gasteiger partial charge in [-0.25, -0.2) is 0 Å². The summed E-state index contributed by atoms with van der Waals surface area (Å²) in [6.07, 6.45) is 0. The molecule has 0 spiro atoms. The molecule has 1 heterocycles. The van der Waals surface area contributed by atoms with Crippen molar-refractivity contribution in [2.24, 2.45) is 0 Å². The third kappa shape index (κ3) is 2.16. The number of fused-ring (bicyclic) bond motifs is 1. The van der Waals surface area contributed by atoms with Gasteiger partial charge in [0, 0.05) is 6.92 Å². The molecule has 0 saturated heterocycles. The van der Waals surface area contributed by atoms with Crippen LogP contribution in [0, 0.1) is 13.8 Å². The summed E-state index contributed by atoms with van der Waals surface area (Å²) >= 11 is 0. The van der Waals surface area contributed by atoms with E-state index < -0.39 is 6.04 Å². The lowest BCUT2D eigenvalue weighted by atomic mass is 9.96. The summed E-state index contributed by atoms with van der Waals surface area (Å²) < 4.78 is 5.51. The molecular weight excluding hydrogens is 218 g/mol. The van der Waals surface area contributed by atoms with E-state index in [2.05, 4.69) is 5.32 Å². The first-order chi connectivity index (χ1) is 7.99. The fraction of sp³-hybridized carbons (Fsp3) is 0.385. The van der Waals surface area contributed by atoms with Crippen molar-refractivity contribution in [3.8, 4) is 5.75 Å². The lowest BCUT2D eigenvalue weighted by Crippen LogP contribution is -2.46. The predicted molar refractivity (Wildman–Crippen MR) is 63.3 cm³/mol. The number of benzene rings is 1. The third-order valence-electron chi connectivity index (χ3n) is 2.96. The highest BCUT2D eigenvalue weighted by atomic mass is 16.5. The minimum atomic E-state index is -0.567. The Balaban J connectivity index is 2.35. The Morgan fingerprint density at radius 3 is 2.65 bits per heavy atom. The number of hydrogen-bond donors (Lipinski definition) is 1. The Morgan fingerprint density at radius 1 is 1.35 bits per heavy atom. The molecule has 1 aromatic carbocycles. The summed E-state index contributed by atoms with van der Waals surface area (Å²) in [6, 6.07) is 3.12. The Hall–Kier alpha value is -1.84. The molecule has 0 saturated carbocycles. The quantitative estimate of drug-likeness (QED) is 0.797. The number of Topliss-reactive ketones (excluding diaryl/α,β-unsaturated/α-hetero) is 1. The van der Waals surface area contributed by atoms with Gasteiger partial charge in [-0.15, -0.1) is 0 Å². The van der Waals surface area contributed by atoms with Crippen molar-refractivity contribution in [3.63, 3.8) is 0 Å². The zero-order chi connectivity index (χ0) is 12.6. The van der Waals surface area contributed by atoms with E-state index in [4.69, 9.17) is 4.74 Å². The number of carbonyl (C=O) groups excluding carboxylic acids is 2. The van der Waals surface area contributed by atoms with Crippen LogP contribution >= 0.6 is 0 Å². The van der Waals surface area contributed by atoms with Crippen molar-refractivity contribution >= 4 is 11.7 Å². The van der Waals surface area contributed by atoms with Crippen molar-refractivity contribution in [2.45, 2.75) is 26.8 Å². The van der Waals surface area contributed by atoms with Gasteiger partial charge in [-0.1, -0.05) is 0 Å². The summed E-state index contributed by atoms with van der Waals surface area (Å²) in [7, 11) is 0. The topological polar surface area (TPSA) is 55.4 Å². The second kappa shape index (κ2) is 4.20. The monoisotopic (exact) mass is 233 g/mol. The van der Waals surface area contributed by atoms with Gasteiger partial charge >= 0.3 is 0 Å². The van der Waals surface area contributed by atoms with Crippen LogP contribution in [-0.2, 0) is 4.79 Å². The van der Waals surface area contributed by atoms with E-state index in [-0.39, 0.29) is 18.3 Å². The van der Waals surface area contributed by atoms with Crippen LogP contribution in [0.1, 0.15) is 28.4 Å². The molecule has 1 aliphatic heterocycles. The number of amides is 1. The molecule has 1 amide bonds. The molecule has 0 aromatic heterocycles. The molecule has 0 bridgehead atoms. The van der Waals surface area contributed by atoms with Gasteiger partial charge in [-0.05, 0) is 37.1 Å².